The molecular formula is C21H27N3O5. The highest BCUT2D eigenvalue weighted by Crippen LogP contribution is 2.28. The number of aryl methyl sites for hydroxylation is 1. The van der Waals surface area contributed by atoms with Crippen LogP contribution in [0, 0.1) is 17.0 Å². The molecule has 1 aliphatic rings. The van der Waals surface area contributed by atoms with Gasteiger partial charge in [0.2, 0.25) is 0 Å². The quantitative estimate of drug-likeness (QED) is 0.537. The minimum absolute atomic E-state index is 0.0609. The van der Waals surface area contributed by atoms with Gasteiger partial charge >= 0.3 is 0 Å². The highest BCUT2D eigenvalue weighted by atomic mass is 16.6. The van der Waals surface area contributed by atoms with Crippen molar-refractivity contribution < 1.29 is 19.5 Å². The van der Waals surface area contributed by atoms with E-state index in [0.717, 1.165) is 37.6 Å². The molecule has 0 aliphatic carbocycles. The average Bonchev–Trinajstić information content (AvgIpc) is 2.72. The number of nitro benzene ring substituents is 1. The van der Waals surface area contributed by atoms with E-state index in [4.69, 9.17) is 9.47 Å². The highest BCUT2D eigenvalue weighted by molar-refractivity contribution is 5.58. The van der Waals surface area contributed by atoms with Crippen molar-refractivity contribution in [1.29, 1.82) is 0 Å². The Bertz CT molecular complexity index is 837. The molecule has 0 spiro atoms. The van der Waals surface area contributed by atoms with Crippen LogP contribution >= 0.6 is 0 Å². The second kappa shape index (κ2) is 9.58. The van der Waals surface area contributed by atoms with E-state index in [1.165, 1.54) is 6.07 Å². The molecule has 0 saturated carbocycles. The Labute approximate surface area is 170 Å². The van der Waals surface area contributed by atoms with E-state index in [2.05, 4.69) is 15.9 Å². The molecule has 29 heavy (non-hydrogen) atoms. The van der Waals surface area contributed by atoms with Gasteiger partial charge in [0.15, 0.2) is 0 Å². The van der Waals surface area contributed by atoms with Crippen LogP contribution < -0.4 is 14.4 Å². The van der Waals surface area contributed by atoms with Gasteiger partial charge in [-0.15, -0.1) is 0 Å². The monoisotopic (exact) mass is 401 g/mol. The first-order valence-corrected chi connectivity index (χ1v) is 9.64. The lowest BCUT2D eigenvalue weighted by molar-refractivity contribution is -0.385. The lowest BCUT2D eigenvalue weighted by atomic mass is 10.2. The van der Waals surface area contributed by atoms with Crippen LogP contribution in [-0.2, 0) is 0 Å². The molecule has 1 saturated heterocycles. The zero-order chi connectivity index (χ0) is 20.8. The number of para-hydroxylation sites is 2. The van der Waals surface area contributed by atoms with Crippen LogP contribution in [0.4, 0.5) is 11.4 Å². The second-order valence-electron chi connectivity index (χ2n) is 7.13. The van der Waals surface area contributed by atoms with Crippen LogP contribution in [0.2, 0.25) is 0 Å². The van der Waals surface area contributed by atoms with Gasteiger partial charge in [-0.1, -0.05) is 12.1 Å². The summed E-state index contributed by atoms with van der Waals surface area (Å²) in [5.74, 6) is 1.39. The molecular weight excluding hydrogens is 374 g/mol. The summed E-state index contributed by atoms with van der Waals surface area (Å²) >= 11 is 0. The normalized spacial score (nSPS) is 15.8. The number of aliphatic hydroxyl groups is 1. The summed E-state index contributed by atoms with van der Waals surface area (Å²) in [6.45, 7) is 5.72. The third kappa shape index (κ3) is 5.36. The number of hydrogen-bond donors (Lipinski definition) is 1. The van der Waals surface area contributed by atoms with Crippen LogP contribution in [0.15, 0.2) is 42.5 Å². The number of benzene rings is 2. The zero-order valence-electron chi connectivity index (χ0n) is 16.8. The van der Waals surface area contributed by atoms with Crippen molar-refractivity contribution in [2.45, 2.75) is 13.0 Å². The van der Waals surface area contributed by atoms with E-state index in [-0.39, 0.29) is 12.3 Å². The summed E-state index contributed by atoms with van der Waals surface area (Å²) in [6.07, 6.45) is -0.636. The number of anilines is 1. The average molecular weight is 401 g/mol. The number of ether oxygens (including phenoxy) is 2. The molecule has 2 aromatic carbocycles. The van der Waals surface area contributed by atoms with Gasteiger partial charge in [0.25, 0.3) is 5.69 Å². The highest BCUT2D eigenvalue weighted by Gasteiger charge is 2.21. The number of hydrogen-bond acceptors (Lipinski definition) is 7. The second-order valence-corrected chi connectivity index (χ2v) is 7.13. The molecule has 0 bridgehead atoms. The summed E-state index contributed by atoms with van der Waals surface area (Å²) in [5, 5.41) is 21.2. The molecule has 1 N–H and O–H groups in total. The summed E-state index contributed by atoms with van der Waals surface area (Å²) in [6, 6.07) is 12.6. The third-order valence-corrected chi connectivity index (χ3v) is 5.07. The lowest BCUT2D eigenvalue weighted by Crippen LogP contribution is -2.49. The maximum absolute atomic E-state index is 10.9. The van der Waals surface area contributed by atoms with Gasteiger partial charge in [-0.3, -0.25) is 15.0 Å². The van der Waals surface area contributed by atoms with E-state index in [0.29, 0.717) is 17.9 Å². The molecule has 1 heterocycles. The largest absolute Gasteiger partial charge is 0.495 e. The Kier molecular flexibility index (Phi) is 6.90. The molecule has 1 fully saturated rings. The number of piperazine rings is 1. The molecule has 1 aliphatic heterocycles. The Hall–Kier alpha value is -2.84. The summed E-state index contributed by atoms with van der Waals surface area (Å²) in [7, 11) is 1.68. The smallest absolute Gasteiger partial charge is 0.272 e. The number of methoxy groups -OCH3 is 1. The van der Waals surface area contributed by atoms with E-state index >= 15 is 0 Å². The van der Waals surface area contributed by atoms with E-state index in [9.17, 15) is 15.2 Å². The van der Waals surface area contributed by atoms with Gasteiger partial charge < -0.3 is 19.5 Å². The van der Waals surface area contributed by atoms with Crippen LogP contribution in [0.25, 0.3) is 0 Å². The fraction of sp³-hybridized carbons (Fsp3) is 0.429. The van der Waals surface area contributed by atoms with Gasteiger partial charge in [-0.2, -0.15) is 0 Å². The van der Waals surface area contributed by atoms with Gasteiger partial charge in [0.1, 0.15) is 24.2 Å². The number of nitro groups is 1. The fourth-order valence-corrected chi connectivity index (χ4v) is 3.53. The lowest BCUT2D eigenvalue weighted by Gasteiger charge is -2.37. The maximum Gasteiger partial charge on any atom is 0.272 e. The number of β-amino-alcohol motifs (C(OH)–C–C–N with tert-alkyl or cyclic N) is 1. The summed E-state index contributed by atoms with van der Waals surface area (Å²) in [5.41, 5.74) is 1.69. The zero-order valence-corrected chi connectivity index (χ0v) is 16.8. The van der Waals surface area contributed by atoms with E-state index < -0.39 is 11.0 Å². The van der Waals surface area contributed by atoms with Gasteiger partial charge in [-0.05, 0) is 31.2 Å². The first kappa shape index (κ1) is 20.9. The van der Waals surface area contributed by atoms with Crippen molar-refractivity contribution in [1.82, 2.24) is 4.90 Å². The molecule has 0 radical (unpaired) electrons. The number of aliphatic hydroxyl groups excluding tert-OH is 1. The van der Waals surface area contributed by atoms with Crippen molar-refractivity contribution in [3.8, 4) is 11.5 Å². The Morgan fingerprint density at radius 1 is 1.17 bits per heavy atom. The predicted molar refractivity (Wildman–Crippen MR) is 111 cm³/mol. The summed E-state index contributed by atoms with van der Waals surface area (Å²) < 4.78 is 11.1. The van der Waals surface area contributed by atoms with Crippen molar-refractivity contribution in [3.63, 3.8) is 0 Å². The Morgan fingerprint density at radius 2 is 1.90 bits per heavy atom. The molecule has 8 nitrogen and oxygen atoms in total. The molecule has 3 rings (SSSR count). The van der Waals surface area contributed by atoms with Crippen molar-refractivity contribution >= 4 is 11.4 Å². The van der Waals surface area contributed by atoms with Crippen LogP contribution in [0.3, 0.4) is 0 Å². The first-order chi connectivity index (χ1) is 14.0. The van der Waals surface area contributed by atoms with E-state index in [1.807, 2.05) is 18.2 Å². The minimum Gasteiger partial charge on any atom is -0.495 e. The first-order valence-electron chi connectivity index (χ1n) is 9.64. The van der Waals surface area contributed by atoms with Gasteiger partial charge in [-0.25, -0.2) is 0 Å². The van der Waals surface area contributed by atoms with Gasteiger partial charge in [0.05, 0.1) is 17.7 Å². The van der Waals surface area contributed by atoms with Crippen molar-refractivity contribution in [2.75, 3.05) is 51.3 Å². The molecule has 0 amide bonds. The van der Waals surface area contributed by atoms with Crippen LogP contribution in [0.5, 0.6) is 11.5 Å². The third-order valence-electron chi connectivity index (χ3n) is 5.07. The van der Waals surface area contributed by atoms with Crippen molar-refractivity contribution in [2.24, 2.45) is 0 Å². The Morgan fingerprint density at radius 3 is 2.55 bits per heavy atom. The van der Waals surface area contributed by atoms with Crippen LogP contribution in [-0.4, -0.2) is 67.5 Å². The van der Waals surface area contributed by atoms with Crippen molar-refractivity contribution in [3.05, 3.63) is 58.1 Å². The molecule has 0 aromatic heterocycles. The number of nitrogens with zero attached hydrogens (tertiary/aromatic N) is 3. The fourth-order valence-electron chi connectivity index (χ4n) is 3.53. The molecule has 2 aromatic rings. The molecule has 8 heteroatoms. The summed E-state index contributed by atoms with van der Waals surface area (Å²) in [4.78, 5) is 15.0. The molecule has 156 valence electrons. The van der Waals surface area contributed by atoms with Crippen LogP contribution in [0.1, 0.15) is 5.56 Å². The topological polar surface area (TPSA) is 88.3 Å². The maximum atomic E-state index is 10.9. The minimum atomic E-state index is -0.636. The molecule has 1 unspecified atom stereocenters. The Balaban J connectivity index is 1.46. The number of rotatable bonds is 8. The molecule has 1 atom stereocenters. The predicted octanol–water partition coefficient (Wildman–Crippen LogP) is 2.47. The SMILES string of the molecule is COc1ccccc1N1CCN(CC(O)COc2ccc([N+](=O)[O-])c(C)c2)CC1. The standard InChI is InChI=1S/C21H27N3O5/c1-16-13-18(7-8-19(16)24(26)27)29-15-17(25)14-22-9-11-23(12-10-22)20-5-3-4-6-21(20)28-2/h3-8,13,17,25H,9-12,14-15H2,1-2H3. The van der Waals surface area contributed by atoms with E-state index in [1.54, 1.807) is 26.2 Å². The van der Waals surface area contributed by atoms with Gasteiger partial charge in [0, 0.05) is 44.4 Å².